The van der Waals surface area contributed by atoms with Crippen LogP contribution in [0, 0.1) is 20.8 Å². The van der Waals surface area contributed by atoms with Crippen LogP contribution in [0.3, 0.4) is 0 Å². The molecule has 0 unspecified atom stereocenters. The lowest BCUT2D eigenvalue weighted by Crippen LogP contribution is -2.09. The topological polar surface area (TPSA) is 78.4 Å². The van der Waals surface area contributed by atoms with Crippen LogP contribution in [-0.4, -0.2) is 16.2 Å². The van der Waals surface area contributed by atoms with Crippen LogP contribution < -0.4 is 0 Å². The highest BCUT2D eigenvalue weighted by Crippen LogP contribution is 2.24. The summed E-state index contributed by atoms with van der Waals surface area (Å²) < 4.78 is 16.4. The summed E-state index contributed by atoms with van der Waals surface area (Å²) in [6.07, 6.45) is -0.654. The van der Waals surface area contributed by atoms with E-state index in [2.05, 4.69) is 10.2 Å². The molecular weight excluding hydrogens is 308 g/mol. The van der Waals surface area contributed by atoms with Crippen molar-refractivity contribution in [2.75, 3.05) is 0 Å². The van der Waals surface area contributed by atoms with E-state index in [0.717, 1.165) is 11.1 Å². The van der Waals surface area contributed by atoms with Gasteiger partial charge in [0, 0.05) is 5.56 Å². The lowest BCUT2D eigenvalue weighted by Gasteiger charge is -2.08. The van der Waals surface area contributed by atoms with Crippen LogP contribution in [0.4, 0.5) is 0 Å². The molecule has 0 amide bonds. The van der Waals surface area contributed by atoms with Gasteiger partial charge in [-0.3, -0.25) is 0 Å². The Bertz CT molecular complexity index is 862. The molecule has 0 bridgehead atoms. The average Bonchev–Trinajstić information content (AvgIpc) is 3.14. The van der Waals surface area contributed by atoms with E-state index >= 15 is 0 Å². The number of hydrogen-bond acceptors (Lipinski definition) is 6. The zero-order chi connectivity index (χ0) is 17.3. The van der Waals surface area contributed by atoms with Crippen LogP contribution in [0.1, 0.15) is 46.4 Å². The summed E-state index contributed by atoms with van der Waals surface area (Å²) in [5.74, 6) is 1.34. The largest absolute Gasteiger partial charge is 0.466 e. The molecular formula is C18H18N2O4. The lowest BCUT2D eigenvalue weighted by atomic mass is 10.1. The van der Waals surface area contributed by atoms with E-state index < -0.39 is 12.1 Å². The molecule has 1 atom stereocenters. The highest BCUT2D eigenvalue weighted by atomic mass is 16.6. The highest BCUT2D eigenvalue weighted by Gasteiger charge is 2.22. The van der Waals surface area contributed by atoms with E-state index in [9.17, 15) is 4.79 Å². The Morgan fingerprint density at radius 2 is 1.79 bits per heavy atom. The third-order valence-corrected chi connectivity index (χ3v) is 3.63. The van der Waals surface area contributed by atoms with E-state index in [4.69, 9.17) is 13.6 Å². The van der Waals surface area contributed by atoms with Crippen LogP contribution in [-0.2, 0) is 4.74 Å². The van der Waals surface area contributed by atoms with Gasteiger partial charge in [-0.1, -0.05) is 17.7 Å². The van der Waals surface area contributed by atoms with Gasteiger partial charge in [0.25, 0.3) is 5.89 Å². The number of rotatable bonds is 4. The first-order chi connectivity index (χ1) is 11.4. The van der Waals surface area contributed by atoms with Gasteiger partial charge >= 0.3 is 5.97 Å². The molecule has 3 rings (SSSR count). The second-order valence-corrected chi connectivity index (χ2v) is 5.69. The number of carbonyl (C=O) groups excluding carboxylic acids is 1. The number of ether oxygens (including phenoxy) is 1. The zero-order valence-electron chi connectivity index (χ0n) is 14.0. The first-order valence-corrected chi connectivity index (χ1v) is 7.62. The molecule has 24 heavy (non-hydrogen) atoms. The van der Waals surface area contributed by atoms with Gasteiger partial charge < -0.3 is 13.6 Å². The number of aromatic nitrogens is 2. The molecule has 0 spiro atoms. The Labute approximate surface area is 139 Å². The molecule has 6 nitrogen and oxygen atoms in total. The Kier molecular flexibility index (Phi) is 4.20. The molecule has 2 heterocycles. The number of hydrogen-bond donors (Lipinski definition) is 0. The van der Waals surface area contributed by atoms with Crippen molar-refractivity contribution in [1.29, 1.82) is 0 Å². The number of aryl methyl sites for hydroxylation is 3. The smallest absolute Gasteiger partial charge is 0.342 e. The monoisotopic (exact) mass is 326 g/mol. The van der Waals surface area contributed by atoms with Crippen molar-refractivity contribution in [3.8, 4) is 11.5 Å². The number of nitrogens with zero attached hydrogens (tertiary/aromatic N) is 2. The predicted octanol–water partition coefficient (Wildman–Crippen LogP) is 4.17. The summed E-state index contributed by atoms with van der Waals surface area (Å²) in [5.41, 5.74) is 2.36. The molecule has 0 saturated heterocycles. The fraction of sp³-hybridized carbons (Fsp3) is 0.278. The summed E-state index contributed by atoms with van der Waals surface area (Å²) in [6.45, 7) is 7.19. The minimum Gasteiger partial charge on any atom is -0.466 e. The maximum absolute atomic E-state index is 12.2. The molecule has 0 fully saturated rings. The van der Waals surface area contributed by atoms with Crippen molar-refractivity contribution < 1.29 is 18.4 Å². The minimum absolute atomic E-state index is 0.247. The molecule has 0 aliphatic carbocycles. The normalized spacial score (nSPS) is 12.2. The van der Waals surface area contributed by atoms with Crippen LogP contribution in [0.5, 0.6) is 0 Å². The van der Waals surface area contributed by atoms with Crippen molar-refractivity contribution in [2.45, 2.75) is 33.8 Å². The molecule has 6 heteroatoms. The fourth-order valence-electron chi connectivity index (χ4n) is 2.32. The first-order valence-electron chi connectivity index (χ1n) is 7.62. The number of carbonyl (C=O) groups is 1. The quantitative estimate of drug-likeness (QED) is 0.669. The van der Waals surface area contributed by atoms with Crippen LogP contribution >= 0.6 is 0 Å². The molecule has 0 saturated carbocycles. The van der Waals surface area contributed by atoms with Crippen LogP contribution in [0.2, 0.25) is 0 Å². The number of furan rings is 1. The zero-order valence-corrected chi connectivity index (χ0v) is 14.0. The van der Waals surface area contributed by atoms with Gasteiger partial charge in [0.05, 0.1) is 0 Å². The first kappa shape index (κ1) is 16.0. The van der Waals surface area contributed by atoms with Crippen LogP contribution in [0.15, 0.2) is 39.2 Å². The maximum Gasteiger partial charge on any atom is 0.342 e. The Morgan fingerprint density at radius 3 is 2.42 bits per heavy atom. The van der Waals surface area contributed by atoms with E-state index in [-0.39, 0.29) is 5.89 Å². The van der Waals surface area contributed by atoms with Gasteiger partial charge in [-0.05, 0) is 45.9 Å². The Morgan fingerprint density at radius 1 is 1.08 bits per heavy atom. The second kappa shape index (κ2) is 6.31. The SMILES string of the molecule is Cc1ccc(-c2nnc([C@@H](C)OC(=O)c3cc(C)oc3C)o2)cc1. The van der Waals surface area contributed by atoms with Gasteiger partial charge in [-0.15, -0.1) is 10.2 Å². The van der Waals surface area contributed by atoms with E-state index in [1.54, 1.807) is 26.8 Å². The van der Waals surface area contributed by atoms with Crippen molar-refractivity contribution >= 4 is 5.97 Å². The van der Waals surface area contributed by atoms with Gasteiger partial charge in [-0.25, -0.2) is 4.79 Å². The summed E-state index contributed by atoms with van der Waals surface area (Å²) in [6, 6.07) is 9.39. The molecule has 0 aliphatic rings. The Balaban J connectivity index is 1.74. The third-order valence-electron chi connectivity index (χ3n) is 3.63. The van der Waals surface area contributed by atoms with E-state index in [0.29, 0.717) is 23.0 Å². The van der Waals surface area contributed by atoms with E-state index in [1.165, 1.54) is 0 Å². The third kappa shape index (κ3) is 3.22. The highest BCUT2D eigenvalue weighted by molar-refractivity contribution is 5.90. The summed E-state index contributed by atoms with van der Waals surface area (Å²) in [7, 11) is 0. The summed E-state index contributed by atoms with van der Waals surface area (Å²) in [5, 5.41) is 7.98. The summed E-state index contributed by atoms with van der Waals surface area (Å²) in [4.78, 5) is 12.2. The fourth-order valence-corrected chi connectivity index (χ4v) is 2.32. The molecule has 0 aliphatic heterocycles. The second-order valence-electron chi connectivity index (χ2n) is 5.69. The molecule has 124 valence electrons. The Hall–Kier alpha value is -2.89. The van der Waals surface area contributed by atoms with Crippen molar-refractivity contribution in [3.05, 3.63) is 58.9 Å². The van der Waals surface area contributed by atoms with Gasteiger partial charge in [0.1, 0.15) is 17.1 Å². The molecule has 1 aromatic carbocycles. The molecule has 0 N–H and O–H groups in total. The van der Waals surface area contributed by atoms with Crippen LogP contribution in [0.25, 0.3) is 11.5 Å². The number of esters is 1. The average molecular weight is 326 g/mol. The lowest BCUT2D eigenvalue weighted by molar-refractivity contribution is 0.0278. The van der Waals surface area contributed by atoms with Crippen molar-refractivity contribution in [2.24, 2.45) is 0 Å². The van der Waals surface area contributed by atoms with E-state index in [1.807, 2.05) is 31.2 Å². The maximum atomic E-state index is 12.2. The van der Waals surface area contributed by atoms with Crippen molar-refractivity contribution in [1.82, 2.24) is 10.2 Å². The van der Waals surface area contributed by atoms with Gasteiger partial charge in [0.15, 0.2) is 6.10 Å². The predicted molar refractivity (Wildman–Crippen MR) is 86.5 cm³/mol. The minimum atomic E-state index is -0.654. The summed E-state index contributed by atoms with van der Waals surface area (Å²) >= 11 is 0. The molecule has 3 aromatic rings. The van der Waals surface area contributed by atoms with Crippen molar-refractivity contribution in [3.63, 3.8) is 0 Å². The number of benzene rings is 1. The molecule has 0 radical (unpaired) electrons. The molecule has 2 aromatic heterocycles. The van der Waals surface area contributed by atoms with Gasteiger partial charge in [-0.2, -0.15) is 0 Å². The standard InChI is InChI=1S/C18H18N2O4/c1-10-5-7-14(8-6-10)17-20-19-16(24-17)13(4)23-18(21)15-9-11(2)22-12(15)3/h5-9,13H,1-4H3/t13-/m1/s1. The van der Waals surface area contributed by atoms with Gasteiger partial charge in [0.2, 0.25) is 5.89 Å².